The smallest absolute Gasteiger partial charge is 0.255 e. The first-order valence-corrected chi connectivity index (χ1v) is 11.7. The standard InChI is InChI=1S/C24H30N8O2/c1-30-10-12-31(13-11-30)18-4-2-17(3-5-18)24(34)29-19-14-26-22-20(19)23(28-15-27-22)32-8-6-16(7-9-32)21(25)33/h2-5,14-16H,6-13H2,1H3,(H2,25,33)(H,29,34)(H,26,27,28). The average Bonchev–Trinajstić information content (AvgIpc) is 3.27. The minimum Gasteiger partial charge on any atom is -0.369 e. The van der Waals surface area contributed by atoms with Gasteiger partial charge >= 0.3 is 0 Å². The van der Waals surface area contributed by atoms with Crippen molar-refractivity contribution in [3.05, 3.63) is 42.4 Å². The summed E-state index contributed by atoms with van der Waals surface area (Å²) in [7, 11) is 2.13. The van der Waals surface area contributed by atoms with Crippen LogP contribution in [-0.2, 0) is 4.79 Å². The summed E-state index contributed by atoms with van der Waals surface area (Å²) in [5, 5.41) is 3.79. The molecule has 5 rings (SSSR count). The van der Waals surface area contributed by atoms with Crippen LogP contribution in [0.5, 0.6) is 0 Å². The van der Waals surface area contributed by atoms with E-state index in [-0.39, 0.29) is 17.7 Å². The molecule has 34 heavy (non-hydrogen) atoms. The number of nitrogens with one attached hydrogen (secondary N) is 2. The Kier molecular flexibility index (Phi) is 6.06. The lowest BCUT2D eigenvalue weighted by molar-refractivity contribution is -0.122. The van der Waals surface area contributed by atoms with Crippen molar-refractivity contribution in [3.63, 3.8) is 0 Å². The van der Waals surface area contributed by atoms with Crippen molar-refractivity contribution in [2.24, 2.45) is 11.7 Å². The van der Waals surface area contributed by atoms with Crippen molar-refractivity contribution in [2.45, 2.75) is 12.8 Å². The monoisotopic (exact) mass is 462 g/mol. The molecule has 0 bridgehead atoms. The molecule has 10 nitrogen and oxygen atoms in total. The SMILES string of the molecule is CN1CCN(c2ccc(C(=O)Nc3c[nH]c4ncnc(N5CCC(C(N)=O)CC5)c34)cc2)CC1. The van der Waals surface area contributed by atoms with E-state index in [0.29, 0.717) is 42.8 Å². The first kappa shape index (κ1) is 22.1. The minimum atomic E-state index is -0.249. The molecule has 0 unspecified atom stereocenters. The number of hydrogen-bond donors (Lipinski definition) is 3. The highest BCUT2D eigenvalue weighted by Crippen LogP contribution is 2.32. The molecule has 0 saturated carbocycles. The Morgan fingerprint density at radius 1 is 1.00 bits per heavy atom. The molecule has 2 aromatic heterocycles. The fraction of sp³-hybridized carbons (Fsp3) is 0.417. The Morgan fingerprint density at radius 2 is 1.71 bits per heavy atom. The normalized spacial score (nSPS) is 17.8. The summed E-state index contributed by atoms with van der Waals surface area (Å²) in [5.74, 6) is 0.205. The number of rotatable bonds is 5. The van der Waals surface area contributed by atoms with Crippen LogP contribution >= 0.6 is 0 Å². The third-order valence-corrected chi connectivity index (χ3v) is 6.89. The molecule has 178 valence electrons. The minimum absolute atomic E-state index is 0.104. The van der Waals surface area contributed by atoms with Crippen molar-refractivity contribution in [1.29, 1.82) is 0 Å². The van der Waals surface area contributed by atoms with Crippen molar-refractivity contribution < 1.29 is 9.59 Å². The number of aromatic nitrogens is 3. The molecule has 10 heteroatoms. The van der Waals surface area contributed by atoms with Crippen LogP contribution in [-0.4, -0.2) is 78.0 Å². The number of fused-ring (bicyclic) bond motifs is 1. The van der Waals surface area contributed by atoms with Gasteiger partial charge in [-0.2, -0.15) is 0 Å². The summed E-state index contributed by atoms with van der Waals surface area (Å²) >= 11 is 0. The van der Waals surface area contributed by atoms with Gasteiger partial charge in [-0.15, -0.1) is 0 Å². The van der Waals surface area contributed by atoms with Crippen molar-refractivity contribution >= 4 is 40.0 Å². The van der Waals surface area contributed by atoms with Gasteiger partial charge in [-0.05, 0) is 44.2 Å². The van der Waals surface area contributed by atoms with Crippen LogP contribution in [0.15, 0.2) is 36.8 Å². The highest BCUT2D eigenvalue weighted by atomic mass is 16.2. The zero-order valence-electron chi connectivity index (χ0n) is 19.3. The molecule has 0 radical (unpaired) electrons. The third-order valence-electron chi connectivity index (χ3n) is 6.89. The number of nitrogens with zero attached hydrogens (tertiary/aromatic N) is 5. The van der Waals surface area contributed by atoms with E-state index in [1.165, 1.54) is 6.33 Å². The number of primary amides is 1. The largest absolute Gasteiger partial charge is 0.369 e. The van der Waals surface area contributed by atoms with Crippen LogP contribution < -0.4 is 20.9 Å². The third kappa shape index (κ3) is 4.41. The van der Waals surface area contributed by atoms with Crippen molar-refractivity contribution in [3.8, 4) is 0 Å². The number of amides is 2. The van der Waals surface area contributed by atoms with E-state index in [2.05, 4.69) is 42.0 Å². The number of H-pyrrole nitrogens is 1. The van der Waals surface area contributed by atoms with E-state index in [9.17, 15) is 9.59 Å². The van der Waals surface area contributed by atoms with Crippen LogP contribution in [0, 0.1) is 5.92 Å². The van der Waals surface area contributed by atoms with E-state index in [1.54, 1.807) is 6.20 Å². The Bertz CT molecular complexity index is 1180. The molecule has 2 aliphatic heterocycles. The number of aromatic amines is 1. The molecule has 0 aliphatic carbocycles. The summed E-state index contributed by atoms with van der Waals surface area (Å²) in [5.41, 5.74) is 8.49. The van der Waals surface area contributed by atoms with Crippen molar-refractivity contribution in [1.82, 2.24) is 19.9 Å². The second kappa shape index (κ2) is 9.30. The zero-order valence-corrected chi connectivity index (χ0v) is 19.3. The number of piperidine rings is 1. The number of carbonyl (C=O) groups is 2. The maximum absolute atomic E-state index is 13.0. The van der Waals surface area contributed by atoms with Gasteiger partial charge in [0.15, 0.2) is 0 Å². The molecule has 4 N–H and O–H groups in total. The summed E-state index contributed by atoms with van der Waals surface area (Å²) < 4.78 is 0. The predicted octanol–water partition coefficient (Wildman–Crippen LogP) is 1.66. The Balaban J connectivity index is 1.32. The van der Waals surface area contributed by atoms with Crippen molar-refractivity contribution in [2.75, 3.05) is 61.4 Å². The number of benzene rings is 1. The quantitative estimate of drug-likeness (QED) is 0.527. The highest BCUT2D eigenvalue weighted by Gasteiger charge is 2.26. The molecule has 3 aromatic rings. The lowest BCUT2D eigenvalue weighted by Crippen LogP contribution is -2.44. The van der Waals surface area contributed by atoms with Gasteiger partial charge in [-0.25, -0.2) is 9.97 Å². The number of likely N-dealkylation sites (N-methyl/N-ethyl adjacent to an activating group) is 1. The number of piperazine rings is 1. The molecule has 2 amide bonds. The van der Waals surface area contributed by atoms with E-state index in [0.717, 1.165) is 43.1 Å². The van der Waals surface area contributed by atoms with Crippen LogP contribution in [0.2, 0.25) is 0 Å². The lowest BCUT2D eigenvalue weighted by Gasteiger charge is -2.34. The number of anilines is 3. The van der Waals surface area contributed by atoms with E-state index in [1.807, 2.05) is 24.3 Å². The molecule has 0 spiro atoms. The van der Waals surface area contributed by atoms with Crippen LogP contribution in [0.1, 0.15) is 23.2 Å². The summed E-state index contributed by atoms with van der Waals surface area (Å²) in [6.07, 6.45) is 4.63. The summed E-state index contributed by atoms with van der Waals surface area (Å²) in [4.78, 5) is 43.3. The first-order chi connectivity index (χ1) is 16.5. The number of nitrogens with two attached hydrogens (primary N) is 1. The lowest BCUT2D eigenvalue weighted by atomic mass is 9.96. The summed E-state index contributed by atoms with van der Waals surface area (Å²) in [6.45, 7) is 5.38. The number of carbonyl (C=O) groups excluding carboxylic acids is 2. The molecular weight excluding hydrogens is 432 g/mol. The fourth-order valence-electron chi connectivity index (χ4n) is 4.74. The van der Waals surface area contributed by atoms with Gasteiger partial charge in [-0.3, -0.25) is 9.59 Å². The summed E-state index contributed by atoms with van der Waals surface area (Å²) in [6, 6.07) is 7.74. The van der Waals surface area contributed by atoms with Crippen LogP contribution in [0.25, 0.3) is 11.0 Å². The second-order valence-electron chi connectivity index (χ2n) is 9.08. The second-order valence-corrected chi connectivity index (χ2v) is 9.08. The van der Waals surface area contributed by atoms with Gasteiger partial charge in [0.1, 0.15) is 17.8 Å². The van der Waals surface area contributed by atoms with Gasteiger partial charge < -0.3 is 30.7 Å². The first-order valence-electron chi connectivity index (χ1n) is 11.7. The Morgan fingerprint density at radius 3 is 2.38 bits per heavy atom. The topological polar surface area (TPSA) is 123 Å². The molecule has 1 aromatic carbocycles. The molecule has 4 heterocycles. The Hall–Kier alpha value is -3.66. The maximum Gasteiger partial charge on any atom is 0.255 e. The van der Waals surface area contributed by atoms with E-state index in [4.69, 9.17) is 5.73 Å². The molecule has 2 aliphatic rings. The fourth-order valence-corrected chi connectivity index (χ4v) is 4.74. The highest BCUT2D eigenvalue weighted by molar-refractivity contribution is 6.11. The molecule has 2 saturated heterocycles. The van der Waals surface area contributed by atoms with E-state index < -0.39 is 0 Å². The van der Waals surface area contributed by atoms with Gasteiger partial charge in [-0.1, -0.05) is 0 Å². The molecular formula is C24H30N8O2. The number of hydrogen-bond acceptors (Lipinski definition) is 7. The van der Waals surface area contributed by atoms with E-state index >= 15 is 0 Å². The zero-order chi connectivity index (χ0) is 23.7. The average molecular weight is 463 g/mol. The molecule has 0 atom stereocenters. The van der Waals surface area contributed by atoms with Gasteiger partial charge in [0.25, 0.3) is 5.91 Å². The predicted molar refractivity (Wildman–Crippen MR) is 132 cm³/mol. The van der Waals surface area contributed by atoms with Gasteiger partial charge in [0.2, 0.25) is 5.91 Å². The van der Waals surface area contributed by atoms with Crippen LogP contribution in [0.3, 0.4) is 0 Å². The Labute approximate surface area is 198 Å². The van der Waals surface area contributed by atoms with Gasteiger partial charge in [0.05, 0.1) is 11.1 Å². The molecule has 2 fully saturated rings. The maximum atomic E-state index is 13.0. The van der Waals surface area contributed by atoms with Gasteiger partial charge in [0, 0.05) is 62.6 Å². The van der Waals surface area contributed by atoms with Crippen LogP contribution in [0.4, 0.5) is 17.2 Å².